The summed E-state index contributed by atoms with van der Waals surface area (Å²) in [5.41, 5.74) is 1.11. The Labute approximate surface area is 160 Å². The zero-order chi connectivity index (χ0) is 20.9. The maximum absolute atomic E-state index is 13.9. The quantitative estimate of drug-likeness (QED) is 0.571. The fraction of sp³-hybridized carbons (Fsp3) is 0.526. The first kappa shape index (κ1) is 22.1. The highest BCUT2D eigenvalue weighted by molar-refractivity contribution is 5.66. The van der Waals surface area contributed by atoms with Gasteiger partial charge < -0.3 is 9.64 Å². The standard InChI is InChI=1S/C19H24F5N3O/c1-4-5-6-27(3)11-14-10-25-26-17(14)13-7-15(18(2,20)21)9-16(8-13)28-12-19(22,23)24/h7-10H,4-6,11-12H2,1-3H3,(H,25,26). The van der Waals surface area contributed by atoms with Crippen LogP contribution >= 0.6 is 0 Å². The minimum absolute atomic E-state index is 0.272. The van der Waals surface area contributed by atoms with Crippen LogP contribution in [0.3, 0.4) is 0 Å². The van der Waals surface area contributed by atoms with Crippen LogP contribution in [0.15, 0.2) is 24.4 Å². The lowest BCUT2D eigenvalue weighted by Crippen LogP contribution is -2.20. The van der Waals surface area contributed by atoms with Crippen molar-refractivity contribution in [2.24, 2.45) is 0 Å². The Balaban J connectivity index is 2.35. The van der Waals surface area contributed by atoms with Crippen molar-refractivity contribution in [2.45, 2.75) is 45.3 Å². The molecule has 0 aliphatic carbocycles. The van der Waals surface area contributed by atoms with Crippen LogP contribution in [-0.4, -0.2) is 41.5 Å². The molecule has 0 aliphatic rings. The molecule has 1 N–H and O–H groups in total. The van der Waals surface area contributed by atoms with E-state index in [9.17, 15) is 22.0 Å². The molecule has 1 aromatic heterocycles. The molecule has 4 nitrogen and oxygen atoms in total. The van der Waals surface area contributed by atoms with Crippen LogP contribution in [0.25, 0.3) is 11.3 Å². The highest BCUT2D eigenvalue weighted by atomic mass is 19.4. The molecular weight excluding hydrogens is 381 g/mol. The molecule has 1 aromatic carbocycles. The number of nitrogens with one attached hydrogen (secondary N) is 1. The molecule has 2 aromatic rings. The molecule has 0 saturated carbocycles. The summed E-state index contributed by atoms with van der Waals surface area (Å²) in [6.07, 6.45) is -0.927. The van der Waals surface area contributed by atoms with Gasteiger partial charge in [0.1, 0.15) is 5.75 Å². The second-order valence-electron chi connectivity index (χ2n) is 6.90. The van der Waals surface area contributed by atoms with Gasteiger partial charge in [-0.3, -0.25) is 5.10 Å². The number of H-pyrrole nitrogens is 1. The molecule has 156 valence electrons. The van der Waals surface area contributed by atoms with Crippen molar-refractivity contribution in [3.05, 3.63) is 35.5 Å². The van der Waals surface area contributed by atoms with E-state index in [1.165, 1.54) is 12.1 Å². The summed E-state index contributed by atoms with van der Waals surface area (Å²) in [4.78, 5) is 2.07. The summed E-state index contributed by atoms with van der Waals surface area (Å²) in [6.45, 7) is 2.59. The van der Waals surface area contributed by atoms with E-state index in [2.05, 4.69) is 22.0 Å². The van der Waals surface area contributed by atoms with Gasteiger partial charge in [0.25, 0.3) is 5.92 Å². The fourth-order valence-electron chi connectivity index (χ4n) is 2.72. The van der Waals surface area contributed by atoms with E-state index in [4.69, 9.17) is 4.74 Å². The number of aromatic nitrogens is 2. The van der Waals surface area contributed by atoms with Crippen molar-refractivity contribution in [1.29, 1.82) is 0 Å². The van der Waals surface area contributed by atoms with Crippen LogP contribution in [0.4, 0.5) is 22.0 Å². The molecule has 0 radical (unpaired) electrons. The Morgan fingerprint density at radius 1 is 1.14 bits per heavy atom. The van der Waals surface area contributed by atoms with Crippen molar-refractivity contribution in [2.75, 3.05) is 20.2 Å². The number of nitrogens with zero attached hydrogens (tertiary/aromatic N) is 2. The van der Waals surface area contributed by atoms with Gasteiger partial charge in [0.05, 0.1) is 11.9 Å². The van der Waals surface area contributed by atoms with Gasteiger partial charge in [-0.15, -0.1) is 0 Å². The highest BCUT2D eigenvalue weighted by Crippen LogP contribution is 2.35. The molecule has 0 unspecified atom stereocenters. The molecule has 0 aliphatic heterocycles. The fourth-order valence-corrected chi connectivity index (χ4v) is 2.72. The number of hydrogen-bond acceptors (Lipinski definition) is 3. The molecule has 0 bridgehead atoms. The molecule has 0 fully saturated rings. The number of halogens is 5. The smallest absolute Gasteiger partial charge is 0.422 e. The largest absolute Gasteiger partial charge is 0.484 e. The monoisotopic (exact) mass is 405 g/mol. The van der Waals surface area contributed by atoms with Gasteiger partial charge in [-0.2, -0.15) is 18.3 Å². The molecule has 0 amide bonds. The van der Waals surface area contributed by atoms with Crippen molar-refractivity contribution < 1.29 is 26.7 Å². The van der Waals surface area contributed by atoms with E-state index in [0.29, 0.717) is 24.7 Å². The van der Waals surface area contributed by atoms with Crippen molar-refractivity contribution in [3.63, 3.8) is 0 Å². The minimum Gasteiger partial charge on any atom is -0.484 e. The van der Waals surface area contributed by atoms with Gasteiger partial charge in [-0.1, -0.05) is 13.3 Å². The maximum Gasteiger partial charge on any atom is 0.422 e. The summed E-state index contributed by atoms with van der Waals surface area (Å²) >= 11 is 0. The number of ether oxygens (including phenoxy) is 1. The van der Waals surface area contributed by atoms with Gasteiger partial charge in [0, 0.05) is 30.2 Å². The number of benzene rings is 1. The first-order valence-corrected chi connectivity index (χ1v) is 8.93. The van der Waals surface area contributed by atoms with E-state index in [-0.39, 0.29) is 5.75 Å². The molecule has 0 spiro atoms. The SMILES string of the molecule is CCCCN(C)Cc1cn[nH]c1-c1cc(OCC(F)(F)F)cc(C(C)(F)F)c1. The normalized spacial score (nSPS) is 12.6. The Bertz CT molecular complexity index is 768. The first-order chi connectivity index (χ1) is 13.0. The lowest BCUT2D eigenvalue weighted by atomic mass is 10.0. The molecule has 1 heterocycles. The van der Waals surface area contributed by atoms with Crippen molar-refractivity contribution in [1.82, 2.24) is 15.1 Å². The van der Waals surface area contributed by atoms with Crippen LogP contribution < -0.4 is 4.74 Å². The number of hydrogen-bond donors (Lipinski definition) is 1. The Hall–Kier alpha value is -2.16. The number of unbranched alkanes of at least 4 members (excludes halogenated alkanes) is 1. The molecular formula is C19H24F5N3O. The predicted octanol–water partition coefficient (Wildman–Crippen LogP) is 5.36. The number of alkyl halides is 5. The van der Waals surface area contributed by atoms with Crippen LogP contribution in [0.1, 0.15) is 37.8 Å². The summed E-state index contributed by atoms with van der Waals surface area (Å²) in [7, 11) is 1.93. The molecule has 0 atom stereocenters. The van der Waals surface area contributed by atoms with Gasteiger partial charge in [-0.25, -0.2) is 8.78 Å². The molecule has 2 rings (SSSR count). The van der Waals surface area contributed by atoms with Gasteiger partial charge in [-0.05, 0) is 38.2 Å². The minimum atomic E-state index is -4.56. The predicted molar refractivity (Wildman–Crippen MR) is 96.4 cm³/mol. The lowest BCUT2D eigenvalue weighted by Gasteiger charge is -2.18. The maximum atomic E-state index is 13.9. The van der Waals surface area contributed by atoms with E-state index < -0.39 is 24.3 Å². The van der Waals surface area contributed by atoms with Crippen LogP contribution in [0, 0.1) is 0 Å². The average molecular weight is 405 g/mol. The van der Waals surface area contributed by atoms with Crippen LogP contribution in [-0.2, 0) is 12.5 Å². The first-order valence-electron chi connectivity index (χ1n) is 8.93. The Kier molecular flexibility index (Phi) is 7.03. The highest BCUT2D eigenvalue weighted by Gasteiger charge is 2.30. The third-order valence-electron chi connectivity index (χ3n) is 4.16. The topological polar surface area (TPSA) is 41.2 Å². The second-order valence-corrected chi connectivity index (χ2v) is 6.90. The van der Waals surface area contributed by atoms with Gasteiger partial charge >= 0.3 is 6.18 Å². The summed E-state index contributed by atoms with van der Waals surface area (Å²) < 4.78 is 69.8. The van der Waals surface area contributed by atoms with Gasteiger partial charge in [0.15, 0.2) is 6.61 Å². The number of aromatic amines is 1. The van der Waals surface area contributed by atoms with E-state index in [1.807, 2.05) is 7.05 Å². The second kappa shape index (κ2) is 8.89. The van der Waals surface area contributed by atoms with E-state index in [0.717, 1.165) is 31.0 Å². The zero-order valence-corrected chi connectivity index (χ0v) is 16.0. The molecule has 0 saturated heterocycles. The lowest BCUT2D eigenvalue weighted by molar-refractivity contribution is -0.153. The Morgan fingerprint density at radius 3 is 2.46 bits per heavy atom. The summed E-state index contributed by atoms with van der Waals surface area (Å²) in [6, 6.07) is 3.48. The summed E-state index contributed by atoms with van der Waals surface area (Å²) in [5.74, 6) is -3.50. The molecule has 28 heavy (non-hydrogen) atoms. The Morgan fingerprint density at radius 2 is 1.86 bits per heavy atom. The van der Waals surface area contributed by atoms with Gasteiger partial charge in [0.2, 0.25) is 0 Å². The van der Waals surface area contributed by atoms with E-state index in [1.54, 1.807) is 6.20 Å². The average Bonchev–Trinajstić information content (AvgIpc) is 3.04. The zero-order valence-electron chi connectivity index (χ0n) is 16.0. The number of rotatable bonds is 9. The third kappa shape index (κ3) is 6.47. The third-order valence-corrected chi connectivity index (χ3v) is 4.16. The molecule has 9 heteroatoms. The van der Waals surface area contributed by atoms with Crippen molar-refractivity contribution in [3.8, 4) is 17.0 Å². The summed E-state index contributed by atoms with van der Waals surface area (Å²) in [5, 5.41) is 6.74. The van der Waals surface area contributed by atoms with Crippen LogP contribution in [0.2, 0.25) is 0 Å². The van der Waals surface area contributed by atoms with Crippen molar-refractivity contribution >= 4 is 0 Å². The van der Waals surface area contributed by atoms with Crippen LogP contribution in [0.5, 0.6) is 5.75 Å². The van der Waals surface area contributed by atoms with E-state index >= 15 is 0 Å².